The summed E-state index contributed by atoms with van der Waals surface area (Å²) in [6.45, 7) is 2.25. The van der Waals surface area contributed by atoms with E-state index in [9.17, 15) is 0 Å². The molecule has 2 unspecified atom stereocenters. The maximum Gasteiger partial charge on any atom is 0.256 e. The number of nitrogens with zero attached hydrogens (tertiary/aromatic N) is 5. The van der Waals surface area contributed by atoms with E-state index in [1.165, 1.54) is 19.3 Å². The average Bonchev–Trinajstić information content (AvgIpc) is 3.01. The van der Waals surface area contributed by atoms with Crippen LogP contribution in [0.25, 0.3) is 5.95 Å². The quantitative estimate of drug-likeness (QED) is 0.940. The van der Waals surface area contributed by atoms with Crippen molar-refractivity contribution in [2.24, 2.45) is 5.92 Å². The van der Waals surface area contributed by atoms with Gasteiger partial charge in [-0.15, -0.1) is 0 Å². The number of nitrogens with one attached hydrogen (secondary N) is 1. The summed E-state index contributed by atoms with van der Waals surface area (Å²) in [5.74, 6) is 1.76. The van der Waals surface area contributed by atoms with Gasteiger partial charge in [-0.05, 0) is 36.4 Å². The zero-order chi connectivity index (χ0) is 14.7. The van der Waals surface area contributed by atoms with Crippen LogP contribution in [0.4, 0.5) is 5.95 Å². The summed E-state index contributed by atoms with van der Waals surface area (Å²) < 4.78 is 1.58. The lowest BCUT2D eigenvalue weighted by molar-refractivity contribution is 0.326. The van der Waals surface area contributed by atoms with E-state index in [1.54, 1.807) is 17.1 Å². The number of halogens is 1. The third kappa shape index (κ3) is 3.50. The van der Waals surface area contributed by atoms with E-state index in [0.717, 1.165) is 18.8 Å². The molecule has 1 N–H and O–H groups in total. The molecule has 0 spiro atoms. The van der Waals surface area contributed by atoms with Crippen LogP contribution in [0.3, 0.4) is 0 Å². The minimum Gasteiger partial charge on any atom is -0.351 e. The second-order valence-corrected chi connectivity index (χ2v) is 5.80. The van der Waals surface area contributed by atoms with E-state index >= 15 is 0 Å². The molecule has 3 rings (SSSR count). The molecule has 1 saturated carbocycles. The Morgan fingerprint density at radius 1 is 1.33 bits per heavy atom. The van der Waals surface area contributed by atoms with Gasteiger partial charge in [-0.1, -0.05) is 26.2 Å². The fraction of sp³-hybridized carbons (Fsp3) is 0.571. The van der Waals surface area contributed by atoms with Crippen molar-refractivity contribution in [3.05, 3.63) is 23.7 Å². The van der Waals surface area contributed by atoms with Gasteiger partial charge in [-0.25, -0.2) is 4.68 Å². The van der Waals surface area contributed by atoms with Crippen molar-refractivity contribution in [3.63, 3.8) is 0 Å². The molecule has 1 aliphatic rings. The van der Waals surface area contributed by atoms with Crippen molar-refractivity contribution < 1.29 is 0 Å². The normalized spacial score (nSPS) is 22.2. The molecule has 0 saturated heterocycles. The maximum absolute atomic E-state index is 6.00. The smallest absolute Gasteiger partial charge is 0.256 e. The van der Waals surface area contributed by atoms with Crippen LogP contribution in [0.1, 0.15) is 39.0 Å². The standard InChI is InChI=1S/C14H19ClN6/c1-2-10-5-3-6-11(9-10)17-13-18-12(15)19-14(20-13)21-8-4-7-16-21/h4,7-8,10-11H,2-3,5-6,9H2,1H3,(H,17,18,19,20). The SMILES string of the molecule is CCC1CCCC(Nc2nc(Cl)nc(-n3cccn3)n2)C1. The van der Waals surface area contributed by atoms with Gasteiger partial charge < -0.3 is 5.32 Å². The summed E-state index contributed by atoms with van der Waals surface area (Å²) >= 11 is 6.00. The first-order valence-electron chi connectivity index (χ1n) is 7.42. The zero-order valence-electron chi connectivity index (χ0n) is 12.0. The molecule has 2 aromatic heterocycles. The summed E-state index contributed by atoms with van der Waals surface area (Å²) in [6, 6.07) is 2.23. The predicted octanol–water partition coefficient (Wildman–Crippen LogP) is 3.09. The van der Waals surface area contributed by atoms with Gasteiger partial charge in [0, 0.05) is 18.4 Å². The second kappa shape index (κ2) is 6.39. The molecule has 0 amide bonds. The summed E-state index contributed by atoms with van der Waals surface area (Å²) in [4.78, 5) is 12.7. The third-order valence-electron chi connectivity index (χ3n) is 4.00. The lowest BCUT2D eigenvalue weighted by atomic mass is 9.84. The van der Waals surface area contributed by atoms with Gasteiger partial charge in [-0.2, -0.15) is 20.1 Å². The van der Waals surface area contributed by atoms with Gasteiger partial charge in [0.05, 0.1) is 0 Å². The summed E-state index contributed by atoms with van der Waals surface area (Å²) in [6.07, 6.45) is 9.58. The lowest BCUT2D eigenvalue weighted by Crippen LogP contribution is -2.28. The summed E-state index contributed by atoms with van der Waals surface area (Å²) in [5, 5.41) is 7.70. The minimum atomic E-state index is 0.181. The summed E-state index contributed by atoms with van der Waals surface area (Å²) in [7, 11) is 0. The Bertz CT molecular complexity index is 585. The Morgan fingerprint density at radius 2 is 2.24 bits per heavy atom. The van der Waals surface area contributed by atoms with Gasteiger partial charge >= 0.3 is 0 Å². The van der Waals surface area contributed by atoms with Crippen molar-refractivity contribution >= 4 is 17.5 Å². The fourth-order valence-electron chi connectivity index (χ4n) is 2.87. The molecule has 1 fully saturated rings. The first-order valence-corrected chi connectivity index (χ1v) is 7.80. The zero-order valence-corrected chi connectivity index (χ0v) is 12.8. The summed E-state index contributed by atoms with van der Waals surface area (Å²) in [5.41, 5.74) is 0. The van der Waals surface area contributed by atoms with E-state index in [1.807, 2.05) is 6.07 Å². The number of rotatable bonds is 4. The molecule has 6 nitrogen and oxygen atoms in total. The molecule has 0 aliphatic heterocycles. The highest BCUT2D eigenvalue weighted by Gasteiger charge is 2.21. The van der Waals surface area contributed by atoms with E-state index in [0.29, 0.717) is 17.9 Å². The van der Waals surface area contributed by atoms with Crippen LogP contribution in [0, 0.1) is 5.92 Å². The van der Waals surface area contributed by atoms with E-state index in [4.69, 9.17) is 11.6 Å². The van der Waals surface area contributed by atoms with Gasteiger partial charge in [-0.3, -0.25) is 0 Å². The maximum atomic E-state index is 6.00. The number of hydrogen-bond acceptors (Lipinski definition) is 5. The van der Waals surface area contributed by atoms with Gasteiger partial charge in [0.15, 0.2) is 0 Å². The predicted molar refractivity (Wildman–Crippen MR) is 81.6 cm³/mol. The monoisotopic (exact) mass is 306 g/mol. The molecule has 7 heteroatoms. The van der Waals surface area contributed by atoms with Crippen LogP contribution in [-0.2, 0) is 0 Å². The van der Waals surface area contributed by atoms with Crippen molar-refractivity contribution in [3.8, 4) is 5.95 Å². The van der Waals surface area contributed by atoms with E-state index in [2.05, 4.69) is 32.3 Å². The first-order chi connectivity index (χ1) is 10.2. The number of anilines is 1. The highest BCUT2D eigenvalue weighted by molar-refractivity contribution is 6.28. The molecule has 2 atom stereocenters. The Labute approximate surface area is 129 Å². The highest BCUT2D eigenvalue weighted by Crippen LogP contribution is 2.28. The van der Waals surface area contributed by atoms with Crippen molar-refractivity contribution in [2.45, 2.75) is 45.1 Å². The topological polar surface area (TPSA) is 68.5 Å². The Morgan fingerprint density at radius 3 is 3.00 bits per heavy atom. The lowest BCUT2D eigenvalue weighted by Gasteiger charge is -2.29. The Kier molecular flexibility index (Phi) is 4.34. The Balaban J connectivity index is 1.76. The molecule has 2 heterocycles. The largest absolute Gasteiger partial charge is 0.351 e. The van der Waals surface area contributed by atoms with E-state index in [-0.39, 0.29) is 5.28 Å². The van der Waals surface area contributed by atoms with Crippen molar-refractivity contribution in [1.29, 1.82) is 0 Å². The number of hydrogen-bond donors (Lipinski definition) is 1. The fourth-order valence-corrected chi connectivity index (χ4v) is 3.02. The molecular formula is C14H19ClN6. The van der Waals surface area contributed by atoms with Crippen molar-refractivity contribution in [2.75, 3.05) is 5.32 Å². The third-order valence-corrected chi connectivity index (χ3v) is 4.17. The molecule has 21 heavy (non-hydrogen) atoms. The molecule has 2 aromatic rings. The van der Waals surface area contributed by atoms with Gasteiger partial charge in [0.2, 0.25) is 11.2 Å². The first kappa shape index (κ1) is 14.3. The van der Waals surface area contributed by atoms with Crippen LogP contribution in [-0.4, -0.2) is 30.8 Å². The minimum absolute atomic E-state index is 0.181. The van der Waals surface area contributed by atoms with Crippen LogP contribution in [0.2, 0.25) is 5.28 Å². The van der Waals surface area contributed by atoms with Gasteiger partial charge in [0.1, 0.15) is 0 Å². The van der Waals surface area contributed by atoms with E-state index < -0.39 is 0 Å². The van der Waals surface area contributed by atoms with Crippen molar-refractivity contribution in [1.82, 2.24) is 24.7 Å². The highest BCUT2D eigenvalue weighted by atomic mass is 35.5. The molecule has 112 valence electrons. The molecule has 0 bridgehead atoms. The molecule has 0 aromatic carbocycles. The van der Waals surface area contributed by atoms with Crippen LogP contribution in [0.15, 0.2) is 18.5 Å². The van der Waals surface area contributed by atoms with Crippen LogP contribution >= 0.6 is 11.6 Å². The Hall–Kier alpha value is -1.69. The van der Waals surface area contributed by atoms with Gasteiger partial charge in [0.25, 0.3) is 5.95 Å². The molecular weight excluding hydrogens is 288 g/mol. The molecule has 1 aliphatic carbocycles. The number of aromatic nitrogens is 5. The van der Waals surface area contributed by atoms with Crippen LogP contribution < -0.4 is 5.32 Å². The average molecular weight is 307 g/mol. The molecule has 0 radical (unpaired) electrons. The van der Waals surface area contributed by atoms with Crippen LogP contribution in [0.5, 0.6) is 0 Å². The second-order valence-electron chi connectivity index (χ2n) is 5.46.